The van der Waals surface area contributed by atoms with Crippen molar-refractivity contribution >= 4 is 41.7 Å². The van der Waals surface area contributed by atoms with Crippen LogP contribution in [0.5, 0.6) is 0 Å². The monoisotopic (exact) mass is 834 g/mol. The maximum Gasteiger partial charge on any atom is 0.407 e. The van der Waals surface area contributed by atoms with Gasteiger partial charge in [0.05, 0.1) is 30.1 Å². The molecule has 5 rings (SSSR count). The van der Waals surface area contributed by atoms with Crippen LogP contribution < -0.4 is 5.32 Å². The first-order chi connectivity index (χ1) is 27.2. The fourth-order valence-electron chi connectivity index (χ4n) is 9.58. The summed E-state index contributed by atoms with van der Waals surface area (Å²) >= 11 is 0. The van der Waals surface area contributed by atoms with Crippen molar-refractivity contribution in [2.75, 3.05) is 20.2 Å². The molecular formula is C41H58N2O16. The zero-order valence-corrected chi connectivity index (χ0v) is 35.3. The molecule has 5 aliphatic rings. The van der Waals surface area contributed by atoms with Crippen molar-refractivity contribution in [3.8, 4) is 0 Å². The van der Waals surface area contributed by atoms with E-state index >= 15 is 4.79 Å². The first-order valence-electron chi connectivity index (χ1n) is 19.8. The highest BCUT2D eigenvalue weighted by Crippen LogP contribution is 2.64. The summed E-state index contributed by atoms with van der Waals surface area (Å²) in [4.78, 5) is 96.5. The third-order valence-corrected chi connectivity index (χ3v) is 12.7. The lowest BCUT2D eigenvalue weighted by molar-refractivity contribution is -0.347. The van der Waals surface area contributed by atoms with E-state index in [-0.39, 0.29) is 43.4 Å². The van der Waals surface area contributed by atoms with Gasteiger partial charge in [0.2, 0.25) is 5.91 Å². The summed E-state index contributed by atoms with van der Waals surface area (Å²) in [5.41, 5.74) is -8.82. The van der Waals surface area contributed by atoms with E-state index in [2.05, 4.69) is 5.32 Å². The Balaban J connectivity index is 1.77. The van der Waals surface area contributed by atoms with Crippen molar-refractivity contribution < 1.29 is 77.3 Å². The number of carbonyl (C=O) groups is 7. The molecule has 1 saturated heterocycles. The van der Waals surface area contributed by atoms with Crippen molar-refractivity contribution in [2.24, 2.45) is 16.7 Å². The molecule has 59 heavy (non-hydrogen) atoms. The van der Waals surface area contributed by atoms with E-state index in [1.807, 2.05) is 0 Å². The first-order valence-corrected chi connectivity index (χ1v) is 19.8. The van der Waals surface area contributed by atoms with E-state index < -0.39 is 131 Å². The molecule has 3 aliphatic carbocycles. The minimum Gasteiger partial charge on any atom is -0.457 e. The molecule has 2 amide bonds. The number of hydrogen-bond donors (Lipinski definition) is 4. The van der Waals surface area contributed by atoms with Crippen LogP contribution in [0, 0.1) is 16.7 Å². The number of aliphatic hydroxyl groups is 3. The molecule has 0 aromatic carbocycles. The number of aliphatic hydroxyl groups excluding tert-OH is 2. The van der Waals surface area contributed by atoms with Crippen LogP contribution in [0.2, 0.25) is 0 Å². The van der Waals surface area contributed by atoms with Gasteiger partial charge >= 0.3 is 30.0 Å². The van der Waals surface area contributed by atoms with Crippen LogP contribution in [0.25, 0.3) is 0 Å². The van der Waals surface area contributed by atoms with E-state index in [0.717, 1.165) is 18.7 Å². The van der Waals surface area contributed by atoms with Gasteiger partial charge in [-0.2, -0.15) is 0 Å². The topological polar surface area (TPSA) is 251 Å². The van der Waals surface area contributed by atoms with E-state index in [1.165, 1.54) is 34.7 Å². The molecule has 0 aromatic rings. The molecule has 2 heterocycles. The summed E-state index contributed by atoms with van der Waals surface area (Å²) in [5, 5.41) is 39.5. The Kier molecular flexibility index (Phi) is 12.6. The fourth-order valence-corrected chi connectivity index (χ4v) is 9.58. The van der Waals surface area contributed by atoms with Crippen molar-refractivity contribution in [3.63, 3.8) is 0 Å². The van der Waals surface area contributed by atoms with Gasteiger partial charge in [-0.25, -0.2) is 9.59 Å². The van der Waals surface area contributed by atoms with Gasteiger partial charge in [0, 0.05) is 45.6 Å². The molecule has 2 aliphatic heterocycles. The number of hydrogen-bond acceptors (Lipinski definition) is 16. The van der Waals surface area contributed by atoms with Gasteiger partial charge in [-0.3, -0.25) is 24.0 Å². The lowest BCUT2D eigenvalue weighted by Gasteiger charge is -2.67. The average molecular weight is 835 g/mol. The third-order valence-electron chi connectivity index (χ3n) is 12.7. The lowest BCUT2D eigenvalue weighted by atomic mass is 9.44. The quantitative estimate of drug-likeness (QED) is 0.178. The number of ether oxygens (including phenoxy) is 6. The summed E-state index contributed by atoms with van der Waals surface area (Å²) < 4.78 is 35.2. The van der Waals surface area contributed by atoms with Crippen molar-refractivity contribution in [1.29, 1.82) is 0 Å². The van der Waals surface area contributed by atoms with Gasteiger partial charge in [-0.1, -0.05) is 26.0 Å². The maximum absolute atomic E-state index is 15.4. The smallest absolute Gasteiger partial charge is 0.407 e. The Morgan fingerprint density at radius 1 is 1.00 bits per heavy atom. The molecule has 0 unspecified atom stereocenters. The van der Waals surface area contributed by atoms with E-state index in [4.69, 9.17) is 28.4 Å². The Bertz CT molecular complexity index is 1820. The number of carbonyl (C=O) groups excluding carboxylic acids is 7. The second kappa shape index (κ2) is 16.2. The summed E-state index contributed by atoms with van der Waals surface area (Å²) in [6, 6.07) is -1.32. The van der Waals surface area contributed by atoms with Crippen LogP contribution in [-0.2, 0) is 57.2 Å². The minimum atomic E-state index is -2.42. The predicted octanol–water partition coefficient (Wildman–Crippen LogP) is 1.34. The standard InChI is InChI=1S/C41H58N2O16/c1-20-24-17-41(53)34(57-28(48)18-43(10)27(47)15-13-11-12-14-23(30(49)35(51)56-24)42-36(52)59-37(4,5)6)32-39(9,25(46)16-26-40(32,19-54-26)58-22(3)45)33(50)31(55-21(2)44)29(20)38(41,7)8/h11-12,23-26,30-32,34,46,49,53H,13-19H2,1-10H3,(H,42,52)/b12-11+/t23-,24-,25-,26+,30+,31+,32-,34-,39+,40-,41+/m0/s1. The van der Waals surface area contributed by atoms with Crippen LogP contribution in [0.3, 0.4) is 0 Å². The molecule has 0 aromatic heterocycles. The zero-order valence-electron chi connectivity index (χ0n) is 35.3. The number of allylic oxidation sites excluding steroid dienone is 1. The molecular weight excluding hydrogens is 776 g/mol. The number of fused-ring (bicyclic) bond motifs is 6. The van der Waals surface area contributed by atoms with Gasteiger partial charge in [-0.15, -0.1) is 0 Å². The van der Waals surface area contributed by atoms with Crippen molar-refractivity contribution in [1.82, 2.24) is 10.2 Å². The highest BCUT2D eigenvalue weighted by Gasteiger charge is 2.78. The molecule has 18 heteroatoms. The Morgan fingerprint density at radius 3 is 2.24 bits per heavy atom. The highest BCUT2D eigenvalue weighted by atomic mass is 16.6. The second-order valence-corrected chi connectivity index (χ2v) is 18.1. The van der Waals surface area contributed by atoms with Crippen LogP contribution in [-0.4, -0.2) is 142 Å². The number of likely N-dealkylation sites (N-methyl/N-ethyl adjacent to an activating group) is 1. The second-order valence-electron chi connectivity index (χ2n) is 18.1. The third kappa shape index (κ3) is 8.24. The molecule has 3 bridgehead atoms. The van der Waals surface area contributed by atoms with E-state index in [0.29, 0.717) is 0 Å². The number of amides is 2. The van der Waals surface area contributed by atoms with Crippen LogP contribution in [0.1, 0.15) is 94.4 Å². The van der Waals surface area contributed by atoms with Crippen molar-refractivity contribution in [2.45, 2.75) is 154 Å². The number of nitrogens with one attached hydrogen (secondary N) is 1. The number of rotatable bonds is 3. The summed E-state index contributed by atoms with van der Waals surface area (Å²) in [5.74, 6) is -6.97. The molecule has 2 saturated carbocycles. The zero-order chi connectivity index (χ0) is 44.2. The first kappa shape index (κ1) is 45.7. The Morgan fingerprint density at radius 2 is 1.66 bits per heavy atom. The lowest BCUT2D eigenvalue weighted by Crippen LogP contribution is -2.82. The molecule has 0 radical (unpaired) electrons. The maximum atomic E-state index is 15.4. The van der Waals surface area contributed by atoms with Gasteiger partial charge in [0.25, 0.3) is 0 Å². The molecule has 11 atom stereocenters. The molecule has 0 spiro atoms. The van der Waals surface area contributed by atoms with E-state index in [1.54, 1.807) is 32.9 Å². The number of nitrogens with zero attached hydrogens (tertiary/aromatic N) is 1. The van der Waals surface area contributed by atoms with Gasteiger partial charge in [0.1, 0.15) is 36.1 Å². The Hall–Kier alpha value is -4.39. The largest absolute Gasteiger partial charge is 0.457 e. The van der Waals surface area contributed by atoms with Gasteiger partial charge in [-0.05, 0) is 58.6 Å². The summed E-state index contributed by atoms with van der Waals surface area (Å²) in [7, 11) is 1.37. The normalized spacial score (nSPS) is 38.4. The Labute approximate surface area is 342 Å². The molecule has 18 nitrogen and oxygen atoms in total. The number of ketones is 1. The molecule has 3 fully saturated rings. The van der Waals surface area contributed by atoms with Crippen LogP contribution in [0.4, 0.5) is 4.79 Å². The van der Waals surface area contributed by atoms with Gasteiger partial charge in [0.15, 0.2) is 23.6 Å². The van der Waals surface area contributed by atoms with Gasteiger partial charge < -0.3 is 54.0 Å². The summed E-state index contributed by atoms with van der Waals surface area (Å²) in [6.45, 7) is 12.0. The molecule has 328 valence electrons. The van der Waals surface area contributed by atoms with Crippen molar-refractivity contribution in [3.05, 3.63) is 23.3 Å². The summed E-state index contributed by atoms with van der Waals surface area (Å²) in [6.07, 6.45) is -8.54. The minimum absolute atomic E-state index is 0.0340. The average Bonchev–Trinajstić information content (AvgIpc) is 3.10. The fraction of sp³-hybridized carbons (Fsp3) is 0.732. The number of alkyl carbamates (subject to hydrolysis) is 1. The van der Waals surface area contributed by atoms with Crippen LogP contribution >= 0.6 is 0 Å². The number of esters is 4. The van der Waals surface area contributed by atoms with Crippen LogP contribution in [0.15, 0.2) is 23.3 Å². The molecule has 4 N–H and O–H groups in total. The number of Topliss-reactive ketones (excluding diaryl/α,β-unsaturated/α-hetero) is 1. The predicted molar refractivity (Wildman–Crippen MR) is 203 cm³/mol. The van der Waals surface area contributed by atoms with E-state index in [9.17, 15) is 44.1 Å². The SMILES string of the molecule is CC(=O)O[C@H]1C(=O)[C@@]2(C)[C@H]([C@@H]3OC(=O)CN(C)C(=O)CC/C=C/C[C@H](NC(=O)OC(C)(C)C)[C@@H](O)C(=O)O[C@H]4C[C@]3(O)C(C)(C)C1=C4C)[C@]1(OC(C)=O)CO[C@@H]1C[C@@H]2O. The highest BCUT2D eigenvalue weighted by molar-refractivity contribution is 5.95.